The summed E-state index contributed by atoms with van der Waals surface area (Å²) in [6, 6.07) is 2.90. The van der Waals surface area contributed by atoms with E-state index in [4.69, 9.17) is 0 Å². The maximum atomic E-state index is 12.9. The van der Waals surface area contributed by atoms with Crippen molar-refractivity contribution >= 4 is 21.4 Å². The van der Waals surface area contributed by atoms with Gasteiger partial charge in [0, 0.05) is 0 Å². The van der Waals surface area contributed by atoms with E-state index >= 15 is 0 Å². The van der Waals surface area contributed by atoms with Gasteiger partial charge in [-0.25, -0.2) is 8.42 Å². The van der Waals surface area contributed by atoms with Gasteiger partial charge < -0.3 is 5.32 Å². The summed E-state index contributed by atoms with van der Waals surface area (Å²) in [6.07, 6.45) is -3.96. The Balaban J connectivity index is 2.25. The average molecular weight is 305 g/mol. The molecule has 4 nitrogen and oxygen atoms in total. The van der Waals surface area contributed by atoms with Crippen molar-refractivity contribution in [3.05, 3.63) is 23.8 Å². The third-order valence-electron chi connectivity index (χ3n) is 3.71. The summed E-state index contributed by atoms with van der Waals surface area (Å²) in [5.41, 5.74) is -2.83. The Morgan fingerprint density at radius 2 is 1.85 bits per heavy atom. The molecule has 1 N–H and O–H groups in total. The van der Waals surface area contributed by atoms with E-state index in [2.05, 4.69) is 5.32 Å². The highest BCUT2D eigenvalue weighted by atomic mass is 32.2. The number of alkyl halides is 3. The Morgan fingerprint density at radius 1 is 1.20 bits per heavy atom. The molecule has 1 aromatic carbocycles. The number of benzene rings is 1. The fourth-order valence-electron chi connectivity index (χ4n) is 2.43. The van der Waals surface area contributed by atoms with E-state index in [1.165, 1.54) is 0 Å². The topological polar surface area (TPSA) is 63.2 Å². The molecule has 0 atom stereocenters. The zero-order valence-corrected chi connectivity index (χ0v) is 10.9. The lowest BCUT2D eigenvalue weighted by atomic mass is 10.1. The van der Waals surface area contributed by atoms with Crippen molar-refractivity contribution < 1.29 is 26.4 Å². The van der Waals surface area contributed by atoms with Crippen LogP contribution < -0.4 is 5.32 Å². The van der Waals surface area contributed by atoms with Crippen molar-refractivity contribution in [2.75, 3.05) is 11.1 Å². The zero-order chi connectivity index (χ0) is 14.8. The molecule has 1 saturated carbocycles. The molecule has 8 heteroatoms. The van der Waals surface area contributed by atoms with Crippen LogP contribution in [0, 0.1) is 5.41 Å². The van der Waals surface area contributed by atoms with Crippen LogP contribution in [0.25, 0.3) is 0 Å². The van der Waals surface area contributed by atoms with Crippen molar-refractivity contribution in [3.8, 4) is 0 Å². The number of sulfone groups is 1. The second-order valence-electron chi connectivity index (χ2n) is 5.17. The molecule has 108 valence electrons. The van der Waals surface area contributed by atoms with Gasteiger partial charge in [-0.2, -0.15) is 13.2 Å². The van der Waals surface area contributed by atoms with Gasteiger partial charge >= 0.3 is 6.18 Å². The van der Waals surface area contributed by atoms with Gasteiger partial charge in [-0.05, 0) is 25.0 Å². The molecule has 0 unspecified atom stereocenters. The first-order valence-electron chi connectivity index (χ1n) is 5.90. The molecule has 1 fully saturated rings. The normalized spacial score (nSPS) is 22.9. The minimum atomic E-state index is -4.73. The molecule has 0 saturated heterocycles. The maximum Gasteiger partial charge on any atom is 0.418 e. The summed E-state index contributed by atoms with van der Waals surface area (Å²) >= 11 is 0. The summed E-state index contributed by atoms with van der Waals surface area (Å²) in [4.78, 5) is 11.5. The van der Waals surface area contributed by atoms with Crippen molar-refractivity contribution in [1.29, 1.82) is 0 Å². The summed E-state index contributed by atoms with van der Waals surface area (Å²) in [5, 5.41) is 2.17. The van der Waals surface area contributed by atoms with Gasteiger partial charge in [-0.3, -0.25) is 4.79 Å². The zero-order valence-electron chi connectivity index (χ0n) is 10.1. The van der Waals surface area contributed by atoms with E-state index in [-0.39, 0.29) is 0 Å². The predicted molar refractivity (Wildman–Crippen MR) is 63.8 cm³/mol. The lowest BCUT2D eigenvalue weighted by molar-refractivity contribution is -0.137. The second kappa shape index (κ2) is 3.75. The molecule has 0 radical (unpaired) electrons. The van der Waals surface area contributed by atoms with Crippen molar-refractivity contribution in [2.24, 2.45) is 5.41 Å². The minimum Gasteiger partial charge on any atom is -0.324 e. The van der Waals surface area contributed by atoms with Crippen LogP contribution in [0.2, 0.25) is 0 Å². The number of anilines is 1. The molecule has 1 aromatic rings. The first-order valence-corrected chi connectivity index (χ1v) is 7.55. The molecule has 0 aromatic heterocycles. The lowest BCUT2D eigenvalue weighted by Gasteiger charge is -2.15. The largest absolute Gasteiger partial charge is 0.418 e. The Bertz CT molecular complexity index is 705. The molecule has 1 aliphatic heterocycles. The van der Waals surface area contributed by atoms with Gasteiger partial charge in [-0.15, -0.1) is 0 Å². The Morgan fingerprint density at radius 3 is 2.40 bits per heavy atom. The first-order chi connectivity index (χ1) is 9.16. The number of amides is 1. The predicted octanol–water partition coefficient (Wildman–Crippen LogP) is 2.21. The number of carbonyl (C=O) groups excluding carboxylic acids is 1. The monoisotopic (exact) mass is 305 g/mol. The van der Waals surface area contributed by atoms with E-state index in [0.29, 0.717) is 12.8 Å². The van der Waals surface area contributed by atoms with E-state index in [9.17, 15) is 26.4 Å². The van der Waals surface area contributed by atoms with Crippen LogP contribution in [0.1, 0.15) is 18.4 Å². The standard InChI is InChI=1S/C12H10F3NO3S/c13-12(14,15)7-2-1-3-8-9(7)16-10(17)11(4-5-11)6-20(8,18)19/h1-3H,4-6H2,(H,16,17). The fourth-order valence-corrected chi connectivity index (χ4v) is 4.49. The van der Waals surface area contributed by atoms with Crippen LogP contribution in [0.5, 0.6) is 0 Å². The Hall–Kier alpha value is -1.57. The highest BCUT2D eigenvalue weighted by molar-refractivity contribution is 7.91. The number of hydrogen-bond acceptors (Lipinski definition) is 3. The maximum absolute atomic E-state index is 12.9. The SMILES string of the molecule is O=C1Nc2c(C(F)(F)F)cccc2S(=O)(=O)CC12CC2. The number of carbonyl (C=O) groups is 1. The Labute approximate surface area is 112 Å². The molecule has 1 spiro atoms. The van der Waals surface area contributed by atoms with Crippen molar-refractivity contribution in [3.63, 3.8) is 0 Å². The number of rotatable bonds is 0. The summed E-state index contributed by atoms with van der Waals surface area (Å²) in [7, 11) is -3.92. The average Bonchev–Trinajstić information content (AvgIpc) is 3.07. The highest BCUT2D eigenvalue weighted by Crippen LogP contribution is 2.52. The van der Waals surface area contributed by atoms with E-state index in [1.807, 2.05) is 0 Å². The molecule has 1 amide bonds. The van der Waals surface area contributed by atoms with Gasteiger partial charge in [0.2, 0.25) is 5.91 Å². The molecule has 3 rings (SSSR count). The molecular formula is C12H10F3NO3S. The van der Waals surface area contributed by atoms with E-state index in [1.54, 1.807) is 0 Å². The first kappa shape index (κ1) is 13.4. The van der Waals surface area contributed by atoms with Crippen LogP contribution in [0.4, 0.5) is 18.9 Å². The number of hydrogen-bond donors (Lipinski definition) is 1. The van der Waals surface area contributed by atoms with Gasteiger partial charge in [-0.1, -0.05) is 6.07 Å². The van der Waals surface area contributed by atoms with Crippen LogP contribution in [0.15, 0.2) is 23.1 Å². The van der Waals surface area contributed by atoms with Gasteiger partial charge in [0.1, 0.15) is 0 Å². The molecule has 2 aliphatic rings. The number of halogens is 3. The molecule has 1 aliphatic carbocycles. The summed E-state index contributed by atoms with van der Waals surface area (Å²) in [5.74, 6) is -1.07. The van der Waals surface area contributed by atoms with E-state index < -0.39 is 49.2 Å². The van der Waals surface area contributed by atoms with Crippen molar-refractivity contribution in [1.82, 2.24) is 0 Å². The quantitative estimate of drug-likeness (QED) is 0.799. The highest BCUT2D eigenvalue weighted by Gasteiger charge is 2.55. The number of para-hydroxylation sites is 1. The van der Waals surface area contributed by atoms with Crippen LogP contribution in [0.3, 0.4) is 0 Å². The number of fused-ring (bicyclic) bond motifs is 1. The van der Waals surface area contributed by atoms with E-state index in [0.717, 1.165) is 18.2 Å². The minimum absolute atomic E-state index is 0.382. The van der Waals surface area contributed by atoms with Gasteiger partial charge in [0.05, 0.1) is 27.3 Å². The van der Waals surface area contributed by atoms with Crippen LogP contribution in [-0.4, -0.2) is 20.1 Å². The summed E-state index contributed by atoms with van der Waals surface area (Å²) < 4.78 is 63.3. The molecule has 1 heterocycles. The lowest BCUT2D eigenvalue weighted by Crippen LogP contribution is -2.27. The second-order valence-corrected chi connectivity index (χ2v) is 7.13. The smallest absolute Gasteiger partial charge is 0.324 e. The van der Waals surface area contributed by atoms with Crippen LogP contribution in [-0.2, 0) is 20.8 Å². The third-order valence-corrected chi connectivity index (χ3v) is 5.65. The van der Waals surface area contributed by atoms with Gasteiger partial charge in [0.25, 0.3) is 0 Å². The molecular weight excluding hydrogens is 295 g/mol. The van der Waals surface area contributed by atoms with Crippen LogP contribution >= 0.6 is 0 Å². The fraction of sp³-hybridized carbons (Fsp3) is 0.417. The number of nitrogens with one attached hydrogen (secondary N) is 1. The Kier molecular flexibility index (Phi) is 2.51. The third kappa shape index (κ3) is 1.90. The van der Waals surface area contributed by atoms with Gasteiger partial charge in [0.15, 0.2) is 9.84 Å². The molecule has 20 heavy (non-hydrogen) atoms. The molecule has 0 bridgehead atoms. The van der Waals surface area contributed by atoms with Crippen molar-refractivity contribution in [2.45, 2.75) is 23.9 Å². The summed E-state index contributed by atoms with van der Waals surface area (Å²) in [6.45, 7) is 0.